The molecule has 22 heteroatoms. The summed E-state index contributed by atoms with van der Waals surface area (Å²) in [6.07, 6.45) is 58.1. The van der Waals surface area contributed by atoms with E-state index in [1.807, 2.05) is 58.0 Å². The highest BCUT2D eigenvalue weighted by Gasteiger charge is 2.16. The number of hydrogen-bond acceptors (Lipinski definition) is 22. The molecule has 0 aliphatic carbocycles. The second-order valence-electron chi connectivity index (χ2n) is 35.5. The zero-order valence-corrected chi connectivity index (χ0v) is 89.9. The number of methoxy groups -OCH3 is 2. The maximum atomic E-state index is 11.3. The van der Waals surface area contributed by atoms with Gasteiger partial charge in [-0.25, -0.2) is 38.4 Å². The van der Waals surface area contributed by atoms with Crippen LogP contribution < -0.4 is 0 Å². The predicted octanol–water partition coefficient (Wildman–Crippen LogP) is 29.0. The highest BCUT2D eigenvalue weighted by molar-refractivity contribution is 5.89. The van der Waals surface area contributed by atoms with Gasteiger partial charge in [-0.2, -0.15) is 0 Å². The third kappa shape index (κ3) is 117. The Kier molecular flexibility index (Phi) is 113. The zero-order valence-electron chi connectivity index (χ0n) is 89.9. The van der Waals surface area contributed by atoms with Crippen molar-refractivity contribution in [2.24, 2.45) is 0 Å². The lowest BCUT2D eigenvalue weighted by molar-refractivity contribution is -0.148. The van der Waals surface area contributed by atoms with Crippen molar-refractivity contribution in [1.29, 1.82) is 0 Å². The lowest BCUT2D eigenvalue weighted by Crippen LogP contribution is -2.27. The van der Waals surface area contributed by atoms with Gasteiger partial charge in [0.25, 0.3) is 0 Å². The topological polar surface area (TPSA) is 266 Å². The van der Waals surface area contributed by atoms with Crippen molar-refractivity contribution in [1.82, 2.24) is 0 Å². The minimum absolute atomic E-state index is 0.0368. The number of benzene rings is 1. The second-order valence-corrected chi connectivity index (χ2v) is 35.5. The molecule has 22 nitrogen and oxygen atoms in total. The van der Waals surface area contributed by atoms with Crippen molar-refractivity contribution in [3.63, 3.8) is 0 Å². The summed E-state index contributed by atoms with van der Waals surface area (Å²) < 4.78 is 72.1. The Balaban J connectivity index is -0.000000278. The summed E-state index contributed by atoms with van der Waals surface area (Å²) in [5.41, 5.74) is 4.23. The summed E-state index contributed by atoms with van der Waals surface area (Å²) in [5.74, 6) is -2.48. The molecule has 0 aliphatic heterocycles. The first-order valence-corrected chi connectivity index (χ1v) is 51.6. The molecule has 0 bridgehead atoms. The van der Waals surface area contributed by atoms with Gasteiger partial charge in [-0.1, -0.05) is 374 Å². The first-order valence-electron chi connectivity index (χ1n) is 51.6. The third-order valence-electron chi connectivity index (χ3n) is 20.1. The molecular formula is C113H202O22. The van der Waals surface area contributed by atoms with E-state index in [1.54, 1.807) is 76.5 Å². The summed E-state index contributed by atoms with van der Waals surface area (Å²) in [6, 6.07) is 9.55. The standard InChI is InChI=1S/C17H32O2.C16H30O2.C15H28O2.C14H26O5.C14H26O2.C13H24O5.C13H24O2.C11H12O2/c1-4-5-6-7-8-9-10-11-12-13-14-15-19-17(18)16(2)3;1-4-5-6-7-8-9-10-11-12-13-14-18-16(17)15(2)3;1-4-5-6-7-8-9-10-11-12-13-17-15(16)14(2)3;1-10(2)14(15)19-13(5)9-18-12(4)8-17-11(3)7-16-6;1-4-5-6-7-8-9-10-11-12-16-14(15)13(2)3;1-6-13(14)18-12(4)9-17-11(3)8-16-10(2)7-15-5;1-4-5-6-7-8-9-10-11-15-13(14)12(2)3;1-9(2)11(12)13-8-10-6-4-3-5-7-10/h2,4-15H2,1,3H3;2,4-14H2,1,3H3;2,4-13H2,1,3H3;11-13H,1,7-9H2,2-6H3;2,4-12H2,1,3H3;6,10-12H,1,7-9H2,2-5H3;2,4-11H2,1,3H3;3-7H,1,8H2,2H3. The molecule has 0 fully saturated rings. The summed E-state index contributed by atoms with van der Waals surface area (Å²) in [4.78, 5) is 88.4. The van der Waals surface area contributed by atoms with Crippen molar-refractivity contribution in [3.8, 4) is 0 Å². The summed E-state index contributed by atoms with van der Waals surface area (Å²) in [5, 5.41) is 0. The molecule has 1 aromatic carbocycles. The van der Waals surface area contributed by atoms with Gasteiger partial charge in [-0.3, -0.25) is 0 Å². The highest BCUT2D eigenvalue weighted by Crippen LogP contribution is 2.17. The van der Waals surface area contributed by atoms with Crippen LogP contribution in [0.25, 0.3) is 0 Å². The Hall–Kier alpha value is -7.34. The van der Waals surface area contributed by atoms with Crippen molar-refractivity contribution in [3.05, 3.63) is 134 Å². The molecule has 0 radical (unpaired) electrons. The quantitative estimate of drug-likeness (QED) is 0.0254. The van der Waals surface area contributed by atoms with Crippen LogP contribution in [0.1, 0.15) is 419 Å². The molecule has 6 atom stereocenters. The van der Waals surface area contributed by atoms with Gasteiger partial charge in [0, 0.05) is 59.3 Å². The van der Waals surface area contributed by atoms with E-state index in [2.05, 4.69) is 87.3 Å². The molecule has 0 heterocycles. The molecule has 0 saturated heterocycles. The van der Waals surface area contributed by atoms with Gasteiger partial charge in [-0.05, 0) is 128 Å². The SMILES string of the molecule is C=C(C)C(=O)OC(C)COC(C)COC(C)COC.C=C(C)C(=O)OCCCCCCCCC.C=C(C)C(=O)OCCCCCCCCCC.C=C(C)C(=O)OCCCCCCCCCCC.C=C(C)C(=O)OCCCCCCCCCCCC.C=C(C)C(=O)OCCCCCCCCCCCCC.C=C(C)C(=O)OCc1ccccc1.C=CC(=O)OC(C)COC(C)COC(C)COC. The zero-order chi connectivity index (χ0) is 103. The molecule has 1 rings (SSSR count). The van der Waals surface area contributed by atoms with E-state index in [1.165, 1.54) is 238 Å². The maximum absolute atomic E-state index is 11.3. The lowest BCUT2D eigenvalue weighted by Gasteiger charge is -2.19. The normalized spacial score (nSPS) is 11.6. The molecule has 786 valence electrons. The molecule has 0 aromatic heterocycles. The average molecular weight is 1910 g/mol. The molecule has 0 saturated carbocycles. The third-order valence-corrected chi connectivity index (χ3v) is 20.1. The Bertz CT molecular complexity index is 3070. The molecule has 0 amide bonds. The monoisotopic (exact) mass is 1910 g/mol. The van der Waals surface area contributed by atoms with Crippen LogP contribution in [0.2, 0.25) is 0 Å². The van der Waals surface area contributed by atoms with Crippen molar-refractivity contribution in [2.45, 2.75) is 457 Å². The van der Waals surface area contributed by atoms with E-state index < -0.39 is 11.9 Å². The molecular weight excluding hydrogens is 1710 g/mol. The molecule has 0 N–H and O–H groups in total. The van der Waals surface area contributed by atoms with Gasteiger partial charge in [-0.15, -0.1) is 0 Å². The highest BCUT2D eigenvalue weighted by atomic mass is 16.6. The Morgan fingerprint density at radius 2 is 0.437 bits per heavy atom. The Morgan fingerprint density at radius 1 is 0.252 bits per heavy atom. The molecule has 135 heavy (non-hydrogen) atoms. The maximum Gasteiger partial charge on any atom is 0.333 e. The molecule has 6 unspecified atom stereocenters. The van der Waals surface area contributed by atoms with Gasteiger partial charge in [0.05, 0.1) is 97.1 Å². The van der Waals surface area contributed by atoms with E-state index in [4.69, 9.17) is 66.3 Å². The van der Waals surface area contributed by atoms with Gasteiger partial charge >= 0.3 is 47.8 Å². The average Bonchev–Trinajstić information content (AvgIpc) is 0.949. The van der Waals surface area contributed by atoms with Crippen molar-refractivity contribution in [2.75, 3.05) is 86.9 Å². The summed E-state index contributed by atoms with van der Waals surface area (Å²) in [7, 11) is 3.27. The van der Waals surface area contributed by atoms with E-state index in [0.717, 1.165) is 63.0 Å². The fourth-order valence-corrected chi connectivity index (χ4v) is 11.8. The van der Waals surface area contributed by atoms with Crippen LogP contribution >= 0.6 is 0 Å². The van der Waals surface area contributed by atoms with Gasteiger partial charge < -0.3 is 66.3 Å². The molecule has 0 aliphatic rings. The summed E-state index contributed by atoms with van der Waals surface area (Å²) in [6.45, 7) is 67.9. The number of ether oxygens (including phenoxy) is 14. The van der Waals surface area contributed by atoms with Crippen molar-refractivity contribution >= 4 is 47.8 Å². The summed E-state index contributed by atoms with van der Waals surface area (Å²) >= 11 is 0. The van der Waals surface area contributed by atoms with Crippen LogP contribution in [-0.4, -0.2) is 171 Å². The first-order chi connectivity index (χ1) is 64.5. The van der Waals surface area contributed by atoms with E-state index >= 15 is 0 Å². The number of rotatable bonds is 78. The molecule has 0 spiro atoms. The number of unbranched alkanes of at least 4 members (excludes halogenated alkanes) is 40. The van der Waals surface area contributed by atoms with Crippen LogP contribution in [0.4, 0.5) is 0 Å². The second kappa shape index (κ2) is 109. The fourth-order valence-electron chi connectivity index (χ4n) is 11.8. The number of carbonyl (C=O) groups is 8. The molecule has 1 aromatic rings. The van der Waals surface area contributed by atoms with E-state index in [9.17, 15) is 38.4 Å². The van der Waals surface area contributed by atoms with E-state index in [-0.39, 0.29) is 72.4 Å². The number of hydrogen-bond donors (Lipinski definition) is 0. The largest absolute Gasteiger partial charge is 0.462 e. The van der Waals surface area contributed by atoms with Gasteiger partial charge in [0.2, 0.25) is 0 Å². The van der Waals surface area contributed by atoms with E-state index in [0.29, 0.717) is 118 Å². The van der Waals surface area contributed by atoms with Crippen LogP contribution in [0.3, 0.4) is 0 Å². The number of carbonyl (C=O) groups excluding carboxylic acids is 8. The van der Waals surface area contributed by atoms with Crippen LogP contribution in [0.15, 0.2) is 128 Å². The Morgan fingerprint density at radius 3 is 0.637 bits per heavy atom. The van der Waals surface area contributed by atoms with Gasteiger partial charge in [0.15, 0.2) is 0 Å². The minimum atomic E-state index is -0.441. The fraction of sp³-hybridized carbons (Fsp3) is 0.735. The Labute approximate surface area is 825 Å². The predicted molar refractivity (Wildman–Crippen MR) is 558 cm³/mol. The van der Waals surface area contributed by atoms with Gasteiger partial charge in [0.1, 0.15) is 18.8 Å². The van der Waals surface area contributed by atoms with Crippen LogP contribution in [0.5, 0.6) is 0 Å². The smallest absolute Gasteiger partial charge is 0.333 e. The van der Waals surface area contributed by atoms with Crippen LogP contribution in [0, 0.1) is 0 Å². The first kappa shape index (κ1) is 141. The van der Waals surface area contributed by atoms with Crippen LogP contribution in [-0.2, 0) is 111 Å². The van der Waals surface area contributed by atoms with Crippen molar-refractivity contribution < 1.29 is 105 Å². The number of esters is 8. The lowest BCUT2D eigenvalue weighted by atomic mass is 10.1. The minimum Gasteiger partial charge on any atom is -0.462 e.